The van der Waals surface area contributed by atoms with Crippen LogP contribution in [0.25, 0.3) is 0 Å². The number of benzene rings is 1. The van der Waals surface area contributed by atoms with E-state index in [0.29, 0.717) is 5.75 Å². The molecule has 1 atom stereocenters. The number of carboxylic acids is 1. The van der Waals surface area contributed by atoms with E-state index < -0.39 is 17.4 Å². The van der Waals surface area contributed by atoms with Crippen LogP contribution in [0.1, 0.15) is 18.9 Å². The Bertz CT molecular complexity index is 503. The summed E-state index contributed by atoms with van der Waals surface area (Å²) in [4.78, 5) is 22.7. The Labute approximate surface area is 124 Å². The lowest BCUT2D eigenvalue weighted by atomic mass is 9.99. The molecule has 0 saturated heterocycles. The molecule has 6 nitrogen and oxygen atoms in total. The molecule has 0 aliphatic heterocycles. The first-order valence-corrected chi connectivity index (χ1v) is 6.56. The summed E-state index contributed by atoms with van der Waals surface area (Å²) < 4.78 is 10.3. The van der Waals surface area contributed by atoms with Gasteiger partial charge in [-0.05, 0) is 31.5 Å². The third-order valence-electron chi connectivity index (χ3n) is 2.80. The number of aryl methyl sites for hydroxylation is 1. The van der Waals surface area contributed by atoms with Crippen LogP contribution in [0.3, 0.4) is 0 Å². The van der Waals surface area contributed by atoms with Crippen molar-refractivity contribution in [3.63, 3.8) is 0 Å². The van der Waals surface area contributed by atoms with Crippen molar-refractivity contribution in [2.45, 2.75) is 25.8 Å². The lowest BCUT2D eigenvalue weighted by Crippen LogP contribution is -2.52. The number of ether oxygens (including phenoxy) is 2. The van der Waals surface area contributed by atoms with Crippen molar-refractivity contribution < 1.29 is 24.2 Å². The van der Waals surface area contributed by atoms with Crippen LogP contribution < -0.4 is 10.1 Å². The van der Waals surface area contributed by atoms with E-state index in [1.807, 2.05) is 25.1 Å². The lowest BCUT2D eigenvalue weighted by Gasteiger charge is -2.28. The zero-order valence-corrected chi connectivity index (χ0v) is 12.5. The summed E-state index contributed by atoms with van der Waals surface area (Å²) in [5.74, 6) is -0.802. The van der Waals surface area contributed by atoms with Crippen molar-refractivity contribution in [3.8, 4) is 5.75 Å². The normalized spacial score (nSPS) is 13.3. The second-order valence-electron chi connectivity index (χ2n) is 5.22. The largest absolute Gasteiger partial charge is 0.484 e. The summed E-state index contributed by atoms with van der Waals surface area (Å²) in [6, 6.07) is 7.34. The molecule has 116 valence electrons. The minimum Gasteiger partial charge on any atom is -0.484 e. The number of carboxylic acid groups (broad SMARTS) is 1. The predicted octanol–water partition coefficient (Wildman–Crippen LogP) is 1.37. The molecule has 0 heterocycles. The van der Waals surface area contributed by atoms with Gasteiger partial charge in [0.1, 0.15) is 5.75 Å². The molecular formula is C15H21NO5. The molecule has 2 N–H and O–H groups in total. The molecule has 0 aliphatic rings. The smallest absolute Gasteiger partial charge is 0.305 e. The summed E-state index contributed by atoms with van der Waals surface area (Å²) in [6.45, 7) is 3.47. The minimum atomic E-state index is -1.01. The molecule has 1 aromatic carbocycles. The van der Waals surface area contributed by atoms with Crippen LogP contribution in [0.5, 0.6) is 5.75 Å². The summed E-state index contributed by atoms with van der Waals surface area (Å²) in [6.07, 6.45) is -0.225. The number of hydrogen-bond donors (Lipinski definition) is 2. The first kappa shape index (κ1) is 17.0. The minimum absolute atomic E-state index is 0.107. The Morgan fingerprint density at radius 1 is 1.38 bits per heavy atom. The van der Waals surface area contributed by atoms with Crippen LogP contribution >= 0.6 is 0 Å². The van der Waals surface area contributed by atoms with Gasteiger partial charge < -0.3 is 19.9 Å². The third kappa shape index (κ3) is 6.27. The monoisotopic (exact) mass is 295 g/mol. The van der Waals surface area contributed by atoms with Gasteiger partial charge in [-0.15, -0.1) is 0 Å². The fourth-order valence-corrected chi connectivity index (χ4v) is 2.01. The molecule has 0 spiro atoms. The molecule has 0 saturated carbocycles. The fraction of sp³-hybridized carbons (Fsp3) is 0.467. The van der Waals surface area contributed by atoms with E-state index in [-0.39, 0.29) is 19.6 Å². The summed E-state index contributed by atoms with van der Waals surface area (Å²) >= 11 is 0. The summed E-state index contributed by atoms with van der Waals surface area (Å²) in [5, 5.41) is 11.5. The van der Waals surface area contributed by atoms with Crippen molar-refractivity contribution in [2.75, 3.05) is 20.3 Å². The van der Waals surface area contributed by atoms with Crippen LogP contribution in [0.2, 0.25) is 0 Å². The number of carbonyl (C=O) groups excluding carboxylic acids is 1. The van der Waals surface area contributed by atoms with Gasteiger partial charge >= 0.3 is 5.97 Å². The predicted molar refractivity (Wildman–Crippen MR) is 77.4 cm³/mol. The highest BCUT2D eigenvalue weighted by atomic mass is 16.5. The molecule has 21 heavy (non-hydrogen) atoms. The Hall–Kier alpha value is -2.08. The first-order valence-electron chi connectivity index (χ1n) is 6.56. The quantitative estimate of drug-likeness (QED) is 0.756. The molecule has 1 unspecified atom stereocenters. The number of rotatable bonds is 8. The van der Waals surface area contributed by atoms with Crippen molar-refractivity contribution in [3.05, 3.63) is 29.8 Å². The van der Waals surface area contributed by atoms with Gasteiger partial charge in [-0.2, -0.15) is 0 Å². The highest BCUT2D eigenvalue weighted by Gasteiger charge is 2.29. The Morgan fingerprint density at radius 2 is 2.10 bits per heavy atom. The van der Waals surface area contributed by atoms with Gasteiger partial charge in [-0.25, -0.2) is 0 Å². The van der Waals surface area contributed by atoms with Crippen LogP contribution in [0.15, 0.2) is 24.3 Å². The molecule has 1 rings (SSSR count). The van der Waals surface area contributed by atoms with Crippen LogP contribution in [-0.4, -0.2) is 42.8 Å². The number of aliphatic carboxylic acids is 1. The van der Waals surface area contributed by atoms with E-state index in [1.165, 1.54) is 7.11 Å². The highest BCUT2D eigenvalue weighted by molar-refractivity contribution is 5.79. The molecular weight excluding hydrogens is 274 g/mol. The summed E-state index contributed by atoms with van der Waals surface area (Å²) in [7, 11) is 1.45. The number of nitrogens with one attached hydrogen (secondary N) is 1. The molecule has 6 heteroatoms. The highest BCUT2D eigenvalue weighted by Crippen LogP contribution is 2.13. The van der Waals surface area contributed by atoms with Gasteiger partial charge in [0.05, 0.1) is 18.6 Å². The van der Waals surface area contributed by atoms with Crippen molar-refractivity contribution in [1.29, 1.82) is 0 Å². The Balaban J connectivity index is 2.56. The van der Waals surface area contributed by atoms with Crippen molar-refractivity contribution in [1.82, 2.24) is 5.32 Å². The molecule has 0 bridgehead atoms. The Kier molecular flexibility index (Phi) is 6.17. The second kappa shape index (κ2) is 7.64. The van der Waals surface area contributed by atoms with E-state index in [9.17, 15) is 9.59 Å². The average Bonchev–Trinajstić information content (AvgIpc) is 2.35. The Morgan fingerprint density at radius 3 is 2.67 bits per heavy atom. The van der Waals surface area contributed by atoms with Gasteiger partial charge in [0.25, 0.3) is 5.91 Å². The van der Waals surface area contributed by atoms with Crippen LogP contribution in [-0.2, 0) is 14.3 Å². The van der Waals surface area contributed by atoms with Crippen LogP contribution in [0.4, 0.5) is 0 Å². The van der Waals surface area contributed by atoms with Crippen molar-refractivity contribution >= 4 is 11.9 Å². The van der Waals surface area contributed by atoms with Gasteiger partial charge in [0.15, 0.2) is 6.61 Å². The van der Waals surface area contributed by atoms with Gasteiger partial charge in [0.2, 0.25) is 0 Å². The second-order valence-corrected chi connectivity index (χ2v) is 5.22. The van der Waals surface area contributed by atoms with E-state index in [0.717, 1.165) is 5.56 Å². The summed E-state index contributed by atoms with van der Waals surface area (Å²) in [5.41, 5.74) is 0.0659. The standard InChI is InChI=1S/C15H21NO5/c1-11-5-4-6-12(7-11)21-9-13(17)16-15(2,10-20-3)8-14(18)19/h4-7H,8-10H2,1-3H3,(H,16,17)(H,18,19). The lowest BCUT2D eigenvalue weighted by molar-refractivity contribution is -0.139. The molecule has 1 amide bonds. The van der Waals surface area contributed by atoms with Crippen molar-refractivity contribution in [2.24, 2.45) is 0 Å². The number of hydrogen-bond acceptors (Lipinski definition) is 4. The topological polar surface area (TPSA) is 84.9 Å². The van der Waals surface area contributed by atoms with Gasteiger partial charge in [-0.3, -0.25) is 9.59 Å². The zero-order chi connectivity index (χ0) is 15.9. The van der Waals surface area contributed by atoms with E-state index in [4.69, 9.17) is 14.6 Å². The number of carbonyl (C=O) groups is 2. The maximum atomic E-state index is 11.9. The van der Waals surface area contributed by atoms with E-state index >= 15 is 0 Å². The van der Waals surface area contributed by atoms with Crippen LogP contribution in [0, 0.1) is 6.92 Å². The van der Waals surface area contributed by atoms with Gasteiger partial charge in [0, 0.05) is 7.11 Å². The van der Waals surface area contributed by atoms with Gasteiger partial charge in [-0.1, -0.05) is 12.1 Å². The van der Waals surface area contributed by atoms with E-state index in [2.05, 4.69) is 5.32 Å². The fourth-order valence-electron chi connectivity index (χ4n) is 2.01. The number of amides is 1. The van der Waals surface area contributed by atoms with E-state index in [1.54, 1.807) is 13.0 Å². The first-order chi connectivity index (χ1) is 9.84. The number of methoxy groups -OCH3 is 1. The molecule has 0 aliphatic carbocycles. The SMILES string of the molecule is COCC(C)(CC(=O)O)NC(=O)COc1cccc(C)c1. The maximum absolute atomic E-state index is 11.9. The molecule has 0 radical (unpaired) electrons. The third-order valence-corrected chi connectivity index (χ3v) is 2.80. The average molecular weight is 295 g/mol. The molecule has 0 fully saturated rings. The zero-order valence-electron chi connectivity index (χ0n) is 12.5. The molecule has 0 aromatic heterocycles. The maximum Gasteiger partial charge on any atom is 0.305 e. The molecule has 1 aromatic rings.